The van der Waals surface area contributed by atoms with E-state index in [1.54, 1.807) is 0 Å². The number of benzene rings is 1. The van der Waals surface area contributed by atoms with Crippen LogP contribution in [0.5, 0.6) is 5.75 Å². The molecule has 2 aromatic rings. The topological polar surface area (TPSA) is 251 Å². The first-order chi connectivity index (χ1) is 29.7. The molecule has 0 spiro atoms. The number of nitrogens with zero attached hydrogens (tertiary/aromatic N) is 2. The molecule has 0 saturated heterocycles. The summed E-state index contributed by atoms with van der Waals surface area (Å²) in [6.45, 7) is 0.0583. The Morgan fingerprint density at radius 1 is 0.629 bits per heavy atom. The van der Waals surface area contributed by atoms with Gasteiger partial charge in [0.05, 0.1) is 56.7 Å². The van der Waals surface area contributed by atoms with Crippen LogP contribution in [0.1, 0.15) is 106 Å². The number of nitrogens with one attached hydrogen (secondary N) is 3. The molecule has 18 nitrogen and oxygen atoms in total. The summed E-state index contributed by atoms with van der Waals surface area (Å²) in [4.78, 5) is 51.9. The molecule has 2 amide bonds. The van der Waals surface area contributed by atoms with Gasteiger partial charge >= 0.3 is 18.1 Å². The number of carboxylic acid groups (broad SMARTS) is 2. The smallest absolute Gasteiger partial charge is 0.434 e. The number of sulfonamides is 1. The van der Waals surface area contributed by atoms with Crippen molar-refractivity contribution in [3.05, 3.63) is 41.7 Å². The molecule has 1 aromatic heterocycles. The Balaban J connectivity index is 1.64. The first-order valence-electron chi connectivity index (χ1n) is 20.7. The van der Waals surface area contributed by atoms with Gasteiger partial charge in [0.1, 0.15) is 19.0 Å². The number of alkyl halides is 3. The molecule has 0 atom stereocenters. The third-order valence-electron chi connectivity index (χ3n) is 8.77. The average Bonchev–Trinajstić information content (AvgIpc) is 3.22. The molecule has 62 heavy (non-hydrogen) atoms. The van der Waals surface area contributed by atoms with E-state index >= 15 is 0 Å². The lowest BCUT2D eigenvalue weighted by atomic mass is 10.0. The van der Waals surface area contributed by atoms with Crippen LogP contribution in [0.2, 0.25) is 0 Å². The first-order valence-corrected chi connectivity index (χ1v) is 22.2. The van der Waals surface area contributed by atoms with E-state index in [4.69, 9.17) is 33.9 Å². The first kappa shape index (κ1) is 53.5. The van der Waals surface area contributed by atoms with Crippen molar-refractivity contribution >= 4 is 39.7 Å². The Hall–Kier alpha value is -4.64. The van der Waals surface area contributed by atoms with E-state index < -0.39 is 63.8 Å². The standard InChI is InChI=1S/C40H60F3N5O13S/c41-40(42,43)37-33(38(54)45-20-23-58-24-26-59-29-34(49)44-19-22-57-25-27-60-30-36(52)53)28-46-39(47-37)48-62(55,56)32-17-15-31(16-18-32)61-21-13-11-9-7-5-3-1-2-4-6-8-10-12-14-35(50)51/h15-18,28H,1-14,19-27,29-30H2,(H,44,49)(H,45,54)(H,50,51)(H,52,53)(H,46,47,48). The van der Waals surface area contributed by atoms with Crippen LogP contribution >= 0.6 is 0 Å². The van der Waals surface area contributed by atoms with Crippen molar-refractivity contribution in [1.29, 1.82) is 0 Å². The zero-order valence-electron chi connectivity index (χ0n) is 34.9. The summed E-state index contributed by atoms with van der Waals surface area (Å²) in [5, 5.41) is 21.9. The second-order valence-corrected chi connectivity index (χ2v) is 15.6. The zero-order chi connectivity index (χ0) is 45.5. The predicted octanol–water partition coefficient (Wildman–Crippen LogP) is 5.22. The molecule has 350 valence electrons. The van der Waals surface area contributed by atoms with Crippen LogP contribution in [-0.2, 0) is 49.5 Å². The SMILES string of the molecule is O=C(O)CCCCCCCCCCCCCCCOc1ccc(S(=O)(=O)Nc2ncc(C(=O)NCCOCCOCC(=O)NCCOCCOCC(=O)O)c(C(F)(F)F)n2)cc1. The van der Waals surface area contributed by atoms with Gasteiger partial charge in [0.15, 0.2) is 5.69 Å². The minimum Gasteiger partial charge on any atom is -0.494 e. The van der Waals surface area contributed by atoms with Crippen LogP contribution in [-0.4, -0.2) is 125 Å². The van der Waals surface area contributed by atoms with Gasteiger partial charge in [-0.1, -0.05) is 70.6 Å². The highest BCUT2D eigenvalue weighted by atomic mass is 32.2. The predicted molar refractivity (Wildman–Crippen MR) is 218 cm³/mol. The van der Waals surface area contributed by atoms with E-state index in [-0.39, 0.29) is 70.7 Å². The Labute approximate surface area is 360 Å². The number of unbranched alkanes of at least 4 members (excludes halogenated alkanes) is 12. The monoisotopic (exact) mass is 907 g/mol. The van der Waals surface area contributed by atoms with Gasteiger partial charge in [-0.3, -0.25) is 14.4 Å². The summed E-state index contributed by atoms with van der Waals surface area (Å²) in [6, 6.07) is 5.35. The molecule has 0 unspecified atom stereocenters. The fourth-order valence-electron chi connectivity index (χ4n) is 5.63. The summed E-state index contributed by atoms with van der Waals surface area (Å²) in [5.74, 6) is -3.87. The van der Waals surface area contributed by atoms with Crippen molar-refractivity contribution in [2.75, 3.05) is 77.3 Å². The number of hydrogen-bond donors (Lipinski definition) is 5. The molecule has 2 rings (SSSR count). The summed E-state index contributed by atoms with van der Waals surface area (Å²) in [7, 11) is -4.41. The second kappa shape index (κ2) is 31.2. The Kier molecular flexibility index (Phi) is 27.0. The van der Waals surface area contributed by atoms with E-state index in [0.29, 0.717) is 18.6 Å². The minimum absolute atomic E-state index is 0.00572. The average molecular weight is 908 g/mol. The lowest BCUT2D eigenvalue weighted by molar-refractivity contribution is -0.143. The molecule has 0 aliphatic rings. The molecular weight excluding hydrogens is 848 g/mol. The number of aromatic nitrogens is 2. The number of halogens is 3. The number of anilines is 1. The van der Waals surface area contributed by atoms with Gasteiger partial charge in [-0.05, 0) is 37.1 Å². The van der Waals surface area contributed by atoms with E-state index in [2.05, 4.69) is 20.6 Å². The van der Waals surface area contributed by atoms with E-state index in [9.17, 15) is 40.8 Å². The van der Waals surface area contributed by atoms with Gasteiger partial charge < -0.3 is 44.5 Å². The number of ether oxygens (including phenoxy) is 5. The summed E-state index contributed by atoms with van der Waals surface area (Å²) in [5.41, 5.74) is -2.58. The maximum atomic E-state index is 13.9. The highest BCUT2D eigenvalue weighted by Gasteiger charge is 2.38. The van der Waals surface area contributed by atoms with Crippen molar-refractivity contribution in [2.24, 2.45) is 0 Å². The molecule has 0 fully saturated rings. The molecular formula is C40H60F3N5O13S. The van der Waals surface area contributed by atoms with Gasteiger partial charge in [-0.25, -0.2) is 27.9 Å². The minimum atomic E-state index is -5.13. The van der Waals surface area contributed by atoms with Crippen LogP contribution in [0.15, 0.2) is 35.4 Å². The molecule has 1 aromatic carbocycles. The molecule has 5 N–H and O–H groups in total. The molecule has 0 aliphatic carbocycles. The number of hydrogen-bond acceptors (Lipinski definition) is 13. The van der Waals surface area contributed by atoms with Gasteiger partial charge in [0.2, 0.25) is 11.9 Å². The molecule has 0 saturated carbocycles. The van der Waals surface area contributed by atoms with Gasteiger partial charge in [0, 0.05) is 25.7 Å². The number of carboxylic acids is 2. The maximum Gasteiger partial charge on any atom is 0.434 e. The van der Waals surface area contributed by atoms with Gasteiger partial charge in [0.25, 0.3) is 15.9 Å². The maximum absolute atomic E-state index is 13.9. The van der Waals surface area contributed by atoms with E-state index in [1.165, 1.54) is 56.4 Å². The van der Waals surface area contributed by atoms with Crippen molar-refractivity contribution in [1.82, 2.24) is 20.6 Å². The summed E-state index contributed by atoms with van der Waals surface area (Å²) in [6.07, 6.45) is 9.65. The summed E-state index contributed by atoms with van der Waals surface area (Å²) < 4.78 is 95.7. The van der Waals surface area contributed by atoms with Crippen molar-refractivity contribution in [3.63, 3.8) is 0 Å². The van der Waals surface area contributed by atoms with E-state index in [0.717, 1.165) is 51.4 Å². The van der Waals surface area contributed by atoms with Crippen molar-refractivity contribution < 1.29 is 74.7 Å². The van der Waals surface area contributed by atoms with Gasteiger partial charge in [-0.2, -0.15) is 13.2 Å². The fraction of sp³-hybridized carbons (Fsp3) is 0.650. The zero-order valence-corrected chi connectivity index (χ0v) is 35.7. The lowest BCUT2D eigenvalue weighted by Crippen LogP contribution is -2.32. The molecule has 0 aliphatic heterocycles. The largest absolute Gasteiger partial charge is 0.494 e. The second-order valence-electron chi connectivity index (χ2n) is 13.9. The molecule has 0 radical (unpaired) electrons. The Morgan fingerprint density at radius 3 is 1.69 bits per heavy atom. The molecule has 0 bridgehead atoms. The highest BCUT2D eigenvalue weighted by molar-refractivity contribution is 7.92. The number of carbonyl (C=O) groups is 4. The van der Waals surface area contributed by atoms with Crippen LogP contribution in [0, 0.1) is 0 Å². The highest BCUT2D eigenvalue weighted by Crippen LogP contribution is 2.31. The number of amides is 2. The molecule has 1 heterocycles. The Bertz CT molecular complexity index is 1720. The Morgan fingerprint density at radius 2 is 1.15 bits per heavy atom. The van der Waals surface area contributed by atoms with E-state index in [1.807, 2.05) is 4.72 Å². The normalized spacial score (nSPS) is 11.6. The third-order valence-corrected chi connectivity index (χ3v) is 10.1. The number of aliphatic carboxylic acids is 2. The van der Waals surface area contributed by atoms with Crippen molar-refractivity contribution in [2.45, 2.75) is 101 Å². The van der Waals surface area contributed by atoms with Gasteiger partial charge in [-0.15, -0.1) is 0 Å². The fourth-order valence-corrected chi connectivity index (χ4v) is 6.58. The van der Waals surface area contributed by atoms with Crippen LogP contribution in [0.4, 0.5) is 19.1 Å². The lowest BCUT2D eigenvalue weighted by Gasteiger charge is -2.14. The summed E-state index contributed by atoms with van der Waals surface area (Å²) >= 11 is 0. The molecule has 22 heteroatoms. The van der Waals surface area contributed by atoms with Crippen LogP contribution in [0.3, 0.4) is 0 Å². The number of carbonyl (C=O) groups excluding carboxylic acids is 2. The third kappa shape index (κ3) is 25.3. The van der Waals surface area contributed by atoms with Crippen LogP contribution in [0.25, 0.3) is 0 Å². The van der Waals surface area contributed by atoms with Crippen molar-refractivity contribution in [3.8, 4) is 5.75 Å². The van der Waals surface area contributed by atoms with Crippen LogP contribution < -0.4 is 20.1 Å². The number of rotatable bonds is 37. The quantitative estimate of drug-likeness (QED) is 0.0546.